The molecule has 0 aromatic carbocycles. The number of hydrogen-bond acceptors (Lipinski definition) is 2. The van der Waals surface area contributed by atoms with Crippen molar-refractivity contribution < 1.29 is 0 Å². The van der Waals surface area contributed by atoms with Crippen LogP contribution in [-0.2, 0) is 0 Å². The molecular formula is C12H17NS. The average Bonchev–Trinajstić information content (AvgIpc) is 2.75. The molecule has 2 heteroatoms. The zero-order valence-corrected chi connectivity index (χ0v) is 9.46. The lowest BCUT2D eigenvalue weighted by Crippen LogP contribution is -2.38. The fourth-order valence-corrected chi connectivity index (χ4v) is 4.02. The average molecular weight is 207 g/mol. The Balaban J connectivity index is 1.80. The third-order valence-corrected chi connectivity index (χ3v) is 5.08. The van der Waals surface area contributed by atoms with E-state index in [1.54, 1.807) is 4.88 Å². The molecule has 1 nitrogen and oxygen atoms in total. The van der Waals surface area contributed by atoms with Gasteiger partial charge in [0, 0.05) is 17.0 Å². The van der Waals surface area contributed by atoms with E-state index in [4.69, 9.17) is 0 Å². The first-order valence-electron chi connectivity index (χ1n) is 5.60. The number of piperidine rings is 1. The van der Waals surface area contributed by atoms with Crippen LogP contribution in [-0.4, -0.2) is 24.0 Å². The van der Waals surface area contributed by atoms with Gasteiger partial charge in [-0.15, -0.1) is 11.3 Å². The summed E-state index contributed by atoms with van der Waals surface area (Å²) in [5, 5.41) is 2.22. The van der Waals surface area contributed by atoms with Gasteiger partial charge in [0.25, 0.3) is 0 Å². The lowest BCUT2D eigenvalue weighted by molar-refractivity contribution is 0.163. The first kappa shape index (κ1) is 8.93. The molecule has 0 aliphatic carbocycles. The van der Waals surface area contributed by atoms with E-state index in [-0.39, 0.29) is 0 Å². The Morgan fingerprint density at radius 2 is 2.00 bits per heavy atom. The third-order valence-electron chi connectivity index (χ3n) is 4.04. The lowest BCUT2D eigenvalue weighted by atomic mass is 9.90. The summed E-state index contributed by atoms with van der Waals surface area (Å²) < 4.78 is 0. The molecule has 3 rings (SSSR count). The van der Waals surface area contributed by atoms with Crippen molar-refractivity contribution in [2.24, 2.45) is 0 Å². The number of thiophene rings is 1. The Hall–Kier alpha value is -0.340. The van der Waals surface area contributed by atoms with Gasteiger partial charge in [-0.3, -0.25) is 0 Å². The fraction of sp³-hybridized carbons (Fsp3) is 0.667. The Kier molecular flexibility index (Phi) is 2.14. The predicted octanol–water partition coefficient (Wildman–Crippen LogP) is 3.09. The zero-order chi connectivity index (χ0) is 9.54. The van der Waals surface area contributed by atoms with E-state index in [0.29, 0.717) is 0 Å². The standard InChI is InChI=1S/C12H17NS/c1-13-10-4-5-11(13)8-9(7-10)12-3-2-6-14-12/h2-3,6,9-11H,4-5,7-8H2,1H3. The molecule has 0 saturated carbocycles. The summed E-state index contributed by atoms with van der Waals surface area (Å²) in [6.45, 7) is 0. The van der Waals surface area contributed by atoms with Gasteiger partial charge < -0.3 is 4.90 Å². The minimum atomic E-state index is 0.865. The molecule has 2 fully saturated rings. The van der Waals surface area contributed by atoms with Gasteiger partial charge >= 0.3 is 0 Å². The number of rotatable bonds is 1. The molecule has 0 amide bonds. The minimum Gasteiger partial charge on any atom is -0.300 e. The minimum absolute atomic E-state index is 0.865. The molecule has 3 heterocycles. The van der Waals surface area contributed by atoms with Crippen molar-refractivity contribution in [1.82, 2.24) is 4.90 Å². The summed E-state index contributed by atoms with van der Waals surface area (Å²) in [7, 11) is 2.31. The first-order valence-corrected chi connectivity index (χ1v) is 6.48. The number of hydrogen-bond donors (Lipinski definition) is 0. The van der Waals surface area contributed by atoms with Crippen molar-refractivity contribution in [3.63, 3.8) is 0 Å². The van der Waals surface area contributed by atoms with Crippen molar-refractivity contribution in [3.05, 3.63) is 22.4 Å². The summed E-state index contributed by atoms with van der Waals surface area (Å²) in [6, 6.07) is 6.27. The van der Waals surface area contributed by atoms with Gasteiger partial charge in [-0.05, 0) is 50.1 Å². The molecule has 0 radical (unpaired) electrons. The summed E-state index contributed by atoms with van der Waals surface area (Å²) in [6.07, 6.45) is 5.66. The highest BCUT2D eigenvalue weighted by Crippen LogP contribution is 2.43. The van der Waals surface area contributed by atoms with E-state index in [1.807, 2.05) is 11.3 Å². The zero-order valence-electron chi connectivity index (χ0n) is 8.65. The van der Waals surface area contributed by atoms with Crippen LogP contribution in [0.5, 0.6) is 0 Å². The normalized spacial score (nSPS) is 37.6. The van der Waals surface area contributed by atoms with E-state index in [2.05, 4.69) is 29.5 Å². The van der Waals surface area contributed by atoms with E-state index in [9.17, 15) is 0 Å². The first-order chi connectivity index (χ1) is 6.84. The molecule has 2 unspecified atom stereocenters. The van der Waals surface area contributed by atoms with Crippen molar-refractivity contribution >= 4 is 11.3 Å². The summed E-state index contributed by atoms with van der Waals surface area (Å²) >= 11 is 1.94. The number of nitrogens with zero attached hydrogens (tertiary/aromatic N) is 1. The summed E-state index contributed by atoms with van der Waals surface area (Å²) in [5.74, 6) is 0.865. The van der Waals surface area contributed by atoms with Crippen molar-refractivity contribution in [2.45, 2.75) is 43.7 Å². The van der Waals surface area contributed by atoms with Crippen LogP contribution in [0.3, 0.4) is 0 Å². The highest BCUT2D eigenvalue weighted by atomic mass is 32.1. The van der Waals surface area contributed by atoms with Gasteiger partial charge in [-0.25, -0.2) is 0 Å². The molecule has 2 saturated heterocycles. The SMILES string of the molecule is CN1C2CCC1CC(c1cccs1)C2. The monoisotopic (exact) mass is 207 g/mol. The fourth-order valence-electron chi connectivity index (χ4n) is 3.17. The maximum atomic E-state index is 2.62. The predicted molar refractivity (Wildman–Crippen MR) is 60.9 cm³/mol. The lowest BCUT2D eigenvalue weighted by Gasteiger charge is -2.35. The van der Waals surface area contributed by atoms with Crippen molar-refractivity contribution in [2.75, 3.05) is 7.05 Å². The van der Waals surface area contributed by atoms with Gasteiger partial charge in [0.2, 0.25) is 0 Å². The van der Waals surface area contributed by atoms with E-state index >= 15 is 0 Å². The van der Waals surface area contributed by atoms with Crippen LogP contribution in [0.1, 0.15) is 36.5 Å². The van der Waals surface area contributed by atoms with Crippen LogP contribution in [0.25, 0.3) is 0 Å². The Bertz CT molecular complexity index is 292. The van der Waals surface area contributed by atoms with E-state index in [0.717, 1.165) is 18.0 Å². The third kappa shape index (κ3) is 1.32. The van der Waals surface area contributed by atoms with E-state index in [1.165, 1.54) is 25.7 Å². The van der Waals surface area contributed by atoms with Crippen LogP contribution >= 0.6 is 11.3 Å². The van der Waals surface area contributed by atoms with Gasteiger partial charge in [-0.1, -0.05) is 6.07 Å². The van der Waals surface area contributed by atoms with Crippen LogP contribution in [0.4, 0.5) is 0 Å². The van der Waals surface area contributed by atoms with Gasteiger partial charge in [0.1, 0.15) is 0 Å². The molecule has 2 aliphatic rings. The molecule has 0 spiro atoms. The topological polar surface area (TPSA) is 3.24 Å². The van der Waals surface area contributed by atoms with Crippen LogP contribution in [0.15, 0.2) is 17.5 Å². The Morgan fingerprint density at radius 3 is 2.57 bits per heavy atom. The van der Waals surface area contributed by atoms with Gasteiger partial charge in [0.15, 0.2) is 0 Å². The molecule has 2 bridgehead atoms. The van der Waals surface area contributed by atoms with Crippen LogP contribution in [0.2, 0.25) is 0 Å². The van der Waals surface area contributed by atoms with Crippen LogP contribution in [0, 0.1) is 0 Å². The molecule has 76 valence electrons. The molecule has 2 atom stereocenters. The second-order valence-electron chi connectivity index (χ2n) is 4.73. The molecule has 1 aromatic heterocycles. The van der Waals surface area contributed by atoms with Crippen molar-refractivity contribution in [3.8, 4) is 0 Å². The highest BCUT2D eigenvalue weighted by molar-refractivity contribution is 7.10. The highest BCUT2D eigenvalue weighted by Gasteiger charge is 2.38. The summed E-state index contributed by atoms with van der Waals surface area (Å²) in [4.78, 5) is 4.24. The Morgan fingerprint density at radius 1 is 1.29 bits per heavy atom. The second kappa shape index (κ2) is 3.35. The maximum absolute atomic E-state index is 2.62. The van der Waals surface area contributed by atoms with E-state index < -0.39 is 0 Å². The largest absolute Gasteiger partial charge is 0.300 e. The molecular weight excluding hydrogens is 190 g/mol. The van der Waals surface area contributed by atoms with Gasteiger partial charge in [-0.2, -0.15) is 0 Å². The van der Waals surface area contributed by atoms with Crippen LogP contribution < -0.4 is 0 Å². The Labute approximate surface area is 89.7 Å². The quantitative estimate of drug-likeness (QED) is 0.684. The molecule has 0 N–H and O–H groups in total. The van der Waals surface area contributed by atoms with Crippen molar-refractivity contribution in [1.29, 1.82) is 0 Å². The molecule has 14 heavy (non-hydrogen) atoms. The number of fused-ring (bicyclic) bond motifs is 2. The van der Waals surface area contributed by atoms with Gasteiger partial charge in [0.05, 0.1) is 0 Å². The molecule has 1 aromatic rings. The molecule has 2 aliphatic heterocycles. The smallest absolute Gasteiger partial charge is 0.0102 e. The maximum Gasteiger partial charge on any atom is 0.0102 e. The second-order valence-corrected chi connectivity index (χ2v) is 5.71. The summed E-state index contributed by atoms with van der Waals surface area (Å²) in [5.41, 5.74) is 0.